The van der Waals surface area contributed by atoms with E-state index < -0.39 is 0 Å². The Labute approximate surface area is 97.0 Å². The van der Waals surface area contributed by atoms with Crippen molar-refractivity contribution < 1.29 is 4.79 Å². The summed E-state index contributed by atoms with van der Waals surface area (Å²) in [6.07, 6.45) is 4.57. The summed E-state index contributed by atoms with van der Waals surface area (Å²) in [7, 11) is 0. The molecule has 0 bridgehead atoms. The Balaban J connectivity index is 1.98. The van der Waals surface area contributed by atoms with Gasteiger partial charge in [-0.15, -0.1) is 11.6 Å². The summed E-state index contributed by atoms with van der Waals surface area (Å²) in [5, 5.41) is 0.147. The highest BCUT2D eigenvalue weighted by atomic mass is 35.5. The van der Waals surface area contributed by atoms with Crippen LogP contribution < -0.4 is 0 Å². The van der Waals surface area contributed by atoms with E-state index in [4.69, 9.17) is 11.6 Å². The fraction of sp³-hybridized carbons (Fsp3) is 0.917. The average molecular weight is 230 g/mol. The van der Waals surface area contributed by atoms with Crippen LogP contribution in [0.25, 0.3) is 0 Å². The predicted octanol–water partition coefficient (Wildman–Crippen LogP) is 2.65. The molecule has 1 aliphatic carbocycles. The number of nitrogens with zero attached hydrogens (tertiary/aromatic N) is 1. The van der Waals surface area contributed by atoms with E-state index in [1.54, 1.807) is 0 Å². The van der Waals surface area contributed by atoms with Gasteiger partial charge in [-0.1, -0.05) is 6.92 Å². The van der Waals surface area contributed by atoms with Crippen LogP contribution in [0.1, 0.15) is 39.5 Å². The van der Waals surface area contributed by atoms with Gasteiger partial charge < -0.3 is 4.90 Å². The van der Waals surface area contributed by atoms with Crippen molar-refractivity contribution in [1.82, 2.24) is 4.90 Å². The van der Waals surface area contributed by atoms with Crippen LogP contribution in [-0.4, -0.2) is 28.8 Å². The minimum Gasteiger partial charge on any atom is -0.338 e. The summed E-state index contributed by atoms with van der Waals surface area (Å²) in [5.41, 5.74) is 0. The van der Waals surface area contributed by atoms with E-state index in [1.165, 1.54) is 12.8 Å². The molecule has 2 fully saturated rings. The maximum absolute atomic E-state index is 12.2. The molecule has 15 heavy (non-hydrogen) atoms. The number of piperidine rings is 1. The Morgan fingerprint density at radius 2 is 2.07 bits per heavy atom. The Hall–Kier alpha value is -0.240. The third-order valence-electron chi connectivity index (χ3n) is 3.90. The van der Waals surface area contributed by atoms with Crippen LogP contribution in [0.15, 0.2) is 0 Å². The maximum atomic E-state index is 12.2. The molecule has 0 aromatic carbocycles. The van der Waals surface area contributed by atoms with Gasteiger partial charge in [0.05, 0.1) is 5.38 Å². The van der Waals surface area contributed by atoms with Gasteiger partial charge in [-0.25, -0.2) is 0 Å². The SMILES string of the molecule is CC(C(=O)N1CCCC(Cl)C1C)C1CC1. The predicted molar refractivity (Wildman–Crippen MR) is 61.9 cm³/mol. The number of likely N-dealkylation sites (tertiary alicyclic amines) is 1. The number of carbonyl (C=O) groups is 1. The van der Waals surface area contributed by atoms with E-state index in [1.807, 2.05) is 4.90 Å². The van der Waals surface area contributed by atoms with Crippen molar-refractivity contribution >= 4 is 17.5 Å². The van der Waals surface area contributed by atoms with Gasteiger partial charge in [-0.3, -0.25) is 4.79 Å². The molecule has 2 nitrogen and oxygen atoms in total. The number of hydrogen-bond acceptors (Lipinski definition) is 1. The number of rotatable bonds is 2. The molecule has 3 atom stereocenters. The summed E-state index contributed by atoms with van der Waals surface area (Å²) in [4.78, 5) is 14.2. The molecular weight excluding hydrogens is 210 g/mol. The molecule has 1 saturated carbocycles. The summed E-state index contributed by atoms with van der Waals surface area (Å²) < 4.78 is 0. The van der Waals surface area contributed by atoms with Gasteiger partial charge in [0.15, 0.2) is 0 Å². The molecule has 0 spiro atoms. The molecule has 1 aliphatic heterocycles. The summed E-state index contributed by atoms with van der Waals surface area (Å²) in [6.45, 7) is 5.05. The van der Waals surface area contributed by atoms with Crippen molar-refractivity contribution in [2.24, 2.45) is 11.8 Å². The maximum Gasteiger partial charge on any atom is 0.225 e. The second kappa shape index (κ2) is 4.32. The number of carbonyl (C=O) groups excluding carboxylic acids is 1. The second-order valence-electron chi connectivity index (χ2n) is 5.06. The zero-order valence-electron chi connectivity index (χ0n) is 9.58. The Morgan fingerprint density at radius 1 is 1.40 bits per heavy atom. The minimum absolute atomic E-state index is 0.147. The highest BCUT2D eigenvalue weighted by Gasteiger charge is 2.38. The van der Waals surface area contributed by atoms with Gasteiger partial charge in [0.1, 0.15) is 0 Å². The standard InChI is InChI=1S/C12H20ClNO/c1-8(10-5-6-10)12(15)14-7-3-4-11(13)9(14)2/h8-11H,3-7H2,1-2H3. The fourth-order valence-corrected chi connectivity index (χ4v) is 2.76. The lowest BCUT2D eigenvalue weighted by Crippen LogP contribution is -2.49. The van der Waals surface area contributed by atoms with Gasteiger partial charge in [0.2, 0.25) is 5.91 Å². The molecule has 0 N–H and O–H groups in total. The lowest BCUT2D eigenvalue weighted by atomic mass is 9.98. The molecule has 0 radical (unpaired) electrons. The van der Waals surface area contributed by atoms with Crippen LogP contribution >= 0.6 is 11.6 Å². The Morgan fingerprint density at radius 3 is 2.67 bits per heavy atom. The van der Waals surface area contributed by atoms with E-state index in [0.717, 1.165) is 19.4 Å². The van der Waals surface area contributed by atoms with Crippen LogP contribution in [0.2, 0.25) is 0 Å². The third kappa shape index (κ3) is 2.30. The van der Waals surface area contributed by atoms with Crippen molar-refractivity contribution in [3.63, 3.8) is 0 Å². The average Bonchev–Trinajstić information content (AvgIpc) is 3.03. The van der Waals surface area contributed by atoms with E-state index >= 15 is 0 Å². The smallest absolute Gasteiger partial charge is 0.225 e. The van der Waals surface area contributed by atoms with Crippen molar-refractivity contribution in [1.29, 1.82) is 0 Å². The van der Waals surface area contributed by atoms with Crippen LogP contribution in [0, 0.1) is 11.8 Å². The zero-order chi connectivity index (χ0) is 11.0. The first-order valence-electron chi connectivity index (χ1n) is 6.06. The van der Waals surface area contributed by atoms with Gasteiger partial charge in [0, 0.05) is 18.5 Å². The molecular formula is C12H20ClNO. The van der Waals surface area contributed by atoms with Gasteiger partial charge in [-0.2, -0.15) is 0 Å². The highest BCUT2D eigenvalue weighted by Crippen LogP contribution is 2.38. The van der Waals surface area contributed by atoms with E-state index in [-0.39, 0.29) is 17.3 Å². The monoisotopic (exact) mass is 229 g/mol. The molecule has 1 saturated heterocycles. The number of amides is 1. The molecule has 1 heterocycles. The van der Waals surface area contributed by atoms with Crippen molar-refractivity contribution in [2.75, 3.05) is 6.54 Å². The summed E-state index contributed by atoms with van der Waals surface area (Å²) in [5.74, 6) is 1.20. The topological polar surface area (TPSA) is 20.3 Å². The highest BCUT2D eigenvalue weighted by molar-refractivity contribution is 6.21. The van der Waals surface area contributed by atoms with Crippen LogP contribution in [0.5, 0.6) is 0 Å². The molecule has 3 unspecified atom stereocenters. The van der Waals surface area contributed by atoms with Crippen LogP contribution in [0.4, 0.5) is 0 Å². The van der Waals surface area contributed by atoms with Crippen LogP contribution in [0.3, 0.4) is 0 Å². The lowest BCUT2D eigenvalue weighted by Gasteiger charge is -2.38. The Bertz CT molecular complexity index is 252. The number of alkyl halides is 1. The normalized spacial score (nSPS) is 33.9. The molecule has 86 valence electrons. The zero-order valence-corrected chi connectivity index (χ0v) is 10.3. The summed E-state index contributed by atoms with van der Waals surface area (Å²) in [6, 6.07) is 0.217. The van der Waals surface area contributed by atoms with E-state index in [2.05, 4.69) is 13.8 Å². The van der Waals surface area contributed by atoms with Crippen molar-refractivity contribution in [2.45, 2.75) is 50.9 Å². The molecule has 2 rings (SSSR count). The molecule has 3 heteroatoms. The molecule has 0 aromatic heterocycles. The minimum atomic E-state index is 0.147. The van der Waals surface area contributed by atoms with Gasteiger partial charge in [-0.05, 0) is 38.5 Å². The largest absolute Gasteiger partial charge is 0.338 e. The number of hydrogen-bond donors (Lipinski definition) is 0. The summed E-state index contributed by atoms with van der Waals surface area (Å²) >= 11 is 6.21. The second-order valence-corrected chi connectivity index (χ2v) is 5.62. The van der Waals surface area contributed by atoms with Crippen molar-refractivity contribution in [3.8, 4) is 0 Å². The third-order valence-corrected chi connectivity index (χ3v) is 4.48. The van der Waals surface area contributed by atoms with Gasteiger partial charge >= 0.3 is 0 Å². The van der Waals surface area contributed by atoms with Gasteiger partial charge in [0.25, 0.3) is 0 Å². The first kappa shape index (κ1) is 11.3. The quantitative estimate of drug-likeness (QED) is 0.667. The fourth-order valence-electron chi connectivity index (χ4n) is 2.47. The van der Waals surface area contributed by atoms with E-state index in [9.17, 15) is 4.79 Å². The number of halogens is 1. The molecule has 2 aliphatic rings. The van der Waals surface area contributed by atoms with E-state index in [0.29, 0.717) is 11.8 Å². The Kier molecular flexibility index (Phi) is 3.24. The molecule has 0 aromatic rings. The van der Waals surface area contributed by atoms with Crippen molar-refractivity contribution in [3.05, 3.63) is 0 Å². The molecule has 1 amide bonds. The van der Waals surface area contributed by atoms with Crippen LogP contribution in [-0.2, 0) is 4.79 Å². The first-order valence-corrected chi connectivity index (χ1v) is 6.49. The first-order chi connectivity index (χ1) is 7.11. The lowest BCUT2D eigenvalue weighted by molar-refractivity contribution is -0.138.